The molecule has 0 aliphatic carbocycles. The molecule has 0 spiro atoms. The number of aryl methyl sites for hydroxylation is 1. The van der Waals surface area contributed by atoms with E-state index in [1.807, 2.05) is 30.3 Å². The summed E-state index contributed by atoms with van der Waals surface area (Å²) in [7, 11) is -1.16. The van der Waals surface area contributed by atoms with E-state index in [1.165, 1.54) is 11.8 Å². The highest BCUT2D eigenvalue weighted by molar-refractivity contribution is 7.84. The number of hydrogen-bond donors (Lipinski definition) is 3. The molecule has 11 heteroatoms. The fourth-order valence-corrected chi connectivity index (χ4v) is 3.84. The number of nitrogens with one attached hydrogen (secondary N) is 1. The predicted octanol–water partition coefficient (Wildman–Crippen LogP) is 3.77. The Labute approximate surface area is 198 Å². The van der Waals surface area contributed by atoms with Gasteiger partial charge in [-0.3, -0.25) is 4.21 Å². The summed E-state index contributed by atoms with van der Waals surface area (Å²) in [6.07, 6.45) is 3.83. The molecular formula is C22H23ClN6O3S. The average molecular weight is 487 g/mol. The molecule has 0 radical (unpaired) electrons. The van der Waals surface area contributed by atoms with Gasteiger partial charge >= 0.3 is 0 Å². The van der Waals surface area contributed by atoms with Crippen LogP contribution in [-0.4, -0.2) is 42.3 Å². The van der Waals surface area contributed by atoms with Crippen LogP contribution in [0.3, 0.4) is 0 Å². The van der Waals surface area contributed by atoms with Gasteiger partial charge in [0.25, 0.3) is 5.89 Å². The van der Waals surface area contributed by atoms with E-state index in [2.05, 4.69) is 25.5 Å². The Hall–Kier alpha value is -3.34. The number of benzene rings is 2. The lowest BCUT2D eigenvalue weighted by Gasteiger charge is -2.08. The molecule has 0 fully saturated rings. The van der Waals surface area contributed by atoms with Crippen LogP contribution in [0, 0.1) is 6.92 Å². The van der Waals surface area contributed by atoms with E-state index in [1.54, 1.807) is 31.4 Å². The third kappa shape index (κ3) is 6.82. The molecule has 0 bridgehead atoms. The van der Waals surface area contributed by atoms with E-state index in [-0.39, 0.29) is 24.3 Å². The number of aromatic nitrogens is 4. The molecular weight excluding hydrogens is 464 g/mol. The van der Waals surface area contributed by atoms with Gasteiger partial charge in [0.1, 0.15) is 5.82 Å². The maximum absolute atomic E-state index is 11.5. The van der Waals surface area contributed by atoms with Gasteiger partial charge in [0.05, 0.1) is 26.3 Å². The highest BCUT2D eigenvalue weighted by Gasteiger charge is 2.13. The Morgan fingerprint density at radius 1 is 1.18 bits per heavy atom. The molecule has 0 aliphatic heterocycles. The third-order valence-electron chi connectivity index (χ3n) is 4.32. The first-order chi connectivity index (χ1) is 15.9. The predicted molar refractivity (Wildman–Crippen MR) is 129 cm³/mol. The zero-order chi connectivity index (χ0) is 23.8. The number of hydrogen-bond acceptors (Lipinski definition) is 9. The van der Waals surface area contributed by atoms with Crippen molar-refractivity contribution < 1.29 is 13.7 Å². The topological polar surface area (TPSA) is 140 Å². The smallest absolute Gasteiger partial charge is 0.253 e. The fourth-order valence-electron chi connectivity index (χ4n) is 2.74. The number of nitrogens with zero attached hydrogens (tertiary/aromatic N) is 4. The maximum atomic E-state index is 11.5. The number of nitrogens with two attached hydrogens (primary N) is 1. The van der Waals surface area contributed by atoms with E-state index in [4.69, 9.17) is 26.9 Å². The molecule has 2 aromatic carbocycles. The van der Waals surface area contributed by atoms with E-state index in [9.17, 15) is 4.21 Å². The van der Waals surface area contributed by atoms with Crippen LogP contribution in [0.5, 0.6) is 0 Å². The van der Waals surface area contributed by atoms with Gasteiger partial charge in [-0.1, -0.05) is 41.9 Å². The summed E-state index contributed by atoms with van der Waals surface area (Å²) in [5.74, 6) is 1.17. The average Bonchev–Trinajstić information content (AvgIpc) is 3.21. The SMILES string of the molecule is Cc1nnc(-c2cnc(Nc3ccc(S(C)=O)c(Cl)c3)nc2N)o1.OCCc1ccccc1. The van der Waals surface area contributed by atoms with Crippen LogP contribution in [0.4, 0.5) is 17.5 Å². The number of aliphatic hydroxyl groups excluding tert-OH is 1. The lowest BCUT2D eigenvalue weighted by molar-refractivity contribution is 0.299. The summed E-state index contributed by atoms with van der Waals surface area (Å²) in [4.78, 5) is 8.90. The molecule has 0 aliphatic rings. The Balaban J connectivity index is 0.000000286. The fraction of sp³-hybridized carbons (Fsp3) is 0.182. The van der Waals surface area contributed by atoms with Crippen LogP contribution < -0.4 is 11.1 Å². The van der Waals surface area contributed by atoms with E-state index < -0.39 is 10.8 Å². The summed E-state index contributed by atoms with van der Waals surface area (Å²) < 4.78 is 16.8. The quantitative estimate of drug-likeness (QED) is 0.371. The summed E-state index contributed by atoms with van der Waals surface area (Å²) in [6, 6.07) is 15.0. The van der Waals surface area contributed by atoms with Crippen molar-refractivity contribution in [1.82, 2.24) is 20.2 Å². The van der Waals surface area contributed by atoms with Gasteiger partial charge in [0.2, 0.25) is 11.8 Å². The number of aliphatic hydroxyl groups is 1. The molecule has 4 N–H and O–H groups in total. The van der Waals surface area contributed by atoms with Crippen molar-refractivity contribution in [3.63, 3.8) is 0 Å². The monoisotopic (exact) mass is 486 g/mol. The molecule has 172 valence electrons. The minimum Gasteiger partial charge on any atom is -0.421 e. The van der Waals surface area contributed by atoms with Crippen molar-refractivity contribution >= 4 is 39.9 Å². The molecule has 1 atom stereocenters. The first kappa shape index (κ1) is 24.3. The maximum Gasteiger partial charge on any atom is 0.253 e. The van der Waals surface area contributed by atoms with E-state index in [0.717, 1.165) is 6.42 Å². The van der Waals surface area contributed by atoms with E-state index in [0.29, 0.717) is 27.1 Å². The van der Waals surface area contributed by atoms with Crippen molar-refractivity contribution in [1.29, 1.82) is 0 Å². The Bertz CT molecular complexity index is 1240. The molecule has 1 unspecified atom stereocenters. The van der Waals surface area contributed by atoms with Gasteiger partial charge in [0.15, 0.2) is 0 Å². The van der Waals surface area contributed by atoms with Gasteiger partial charge in [-0.05, 0) is 30.2 Å². The standard InChI is InChI=1S/C14H13ClN6O2S.C8H10O/c1-7-20-21-13(23-7)9-6-17-14(19-12(9)16)18-8-3-4-11(24(2)22)10(15)5-8;9-7-6-8-4-2-1-3-5-8/h3-6H,1-2H3,(H3,16,17,18,19);1-5,9H,6-7H2. The first-order valence-electron chi connectivity index (χ1n) is 9.85. The lowest BCUT2D eigenvalue weighted by atomic mass is 10.2. The van der Waals surface area contributed by atoms with Gasteiger partial charge in [0, 0.05) is 31.7 Å². The molecule has 0 amide bonds. The normalized spacial score (nSPS) is 11.4. The summed E-state index contributed by atoms with van der Waals surface area (Å²) in [5, 5.41) is 19.5. The first-order valence-corrected chi connectivity index (χ1v) is 11.8. The van der Waals surface area contributed by atoms with Crippen molar-refractivity contribution in [2.24, 2.45) is 0 Å². The summed E-state index contributed by atoms with van der Waals surface area (Å²) in [6.45, 7) is 1.92. The molecule has 2 aromatic heterocycles. The number of nitrogen functional groups attached to an aromatic ring is 1. The minimum absolute atomic E-state index is 0.202. The van der Waals surface area contributed by atoms with Crippen LogP contribution in [0.15, 0.2) is 64.0 Å². The van der Waals surface area contributed by atoms with E-state index >= 15 is 0 Å². The van der Waals surface area contributed by atoms with Crippen molar-refractivity contribution in [2.45, 2.75) is 18.2 Å². The second-order valence-corrected chi connectivity index (χ2v) is 8.56. The van der Waals surface area contributed by atoms with Gasteiger partial charge in [-0.25, -0.2) is 4.98 Å². The molecule has 2 heterocycles. The van der Waals surface area contributed by atoms with Crippen LogP contribution in [0.25, 0.3) is 11.5 Å². The highest BCUT2D eigenvalue weighted by Crippen LogP contribution is 2.27. The third-order valence-corrected chi connectivity index (χ3v) is 5.72. The Morgan fingerprint density at radius 2 is 1.94 bits per heavy atom. The zero-order valence-corrected chi connectivity index (χ0v) is 19.6. The molecule has 9 nitrogen and oxygen atoms in total. The molecule has 4 rings (SSSR count). The van der Waals surface area contributed by atoms with Crippen LogP contribution in [0.2, 0.25) is 5.02 Å². The zero-order valence-electron chi connectivity index (χ0n) is 18.0. The lowest BCUT2D eigenvalue weighted by Crippen LogP contribution is -2.02. The van der Waals surface area contributed by atoms with Crippen LogP contribution in [-0.2, 0) is 17.2 Å². The summed E-state index contributed by atoms with van der Waals surface area (Å²) >= 11 is 6.10. The Kier molecular flexibility index (Phi) is 8.47. The Morgan fingerprint density at radius 3 is 2.52 bits per heavy atom. The van der Waals surface area contributed by atoms with Gasteiger partial charge in [-0.2, -0.15) is 4.98 Å². The van der Waals surface area contributed by atoms with Crippen molar-refractivity contribution in [3.05, 3.63) is 71.2 Å². The molecule has 0 saturated heterocycles. The number of halogens is 1. The van der Waals surface area contributed by atoms with Crippen LogP contribution >= 0.6 is 11.6 Å². The number of rotatable bonds is 6. The molecule has 33 heavy (non-hydrogen) atoms. The minimum atomic E-state index is -1.16. The van der Waals surface area contributed by atoms with Crippen LogP contribution in [0.1, 0.15) is 11.5 Å². The number of anilines is 3. The molecule has 4 aromatic rings. The van der Waals surface area contributed by atoms with Gasteiger partial charge < -0.3 is 20.6 Å². The van der Waals surface area contributed by atoms with Gasteiger partial charge in [-0.15, -0.1) is 10.2 Å². The second-order valence-electron chi connectivity index (χ2n) is 6.80. The summed E-state index contributed by atoms with van der Waals surface area (Å²) in [5.41, 5.74) is 8.22. The van der Waals surface area contributed by atoms with Crippen molar-refractivity contribution in [2.75, 3.05) is 23.9 Å². The van der Waals surface area contributed by atoms with Crippen molar-refractivity contribution in [3.8, 4) is 11.5 Å². The molecule has 0 saturated carbocycles. The highest BCUT2D eigenvalue weighted by atomic mass is 35.5. The second kappa shape index (κ2) is 11.5. The largest absolute Gasteiger partial charge is 0.421 e.